The second kappa shape index (κ2) is 19.0. The first kappa shape index (κ1) is 28.5. The second-order valence-electron chi connectivity index (χ2n) is 9.70. The average Bonchev–Trinajstić information content (AvgIpc) is 2.77. The van der Waals surface area contributed by atoms with Crippen molar-refractivity contribution in [3.05, 3.63) is 23.8 Å². The average molecular weight is 445 g/mol. The maximum atomic E-state index is 12.5. The van der Waals surface area contributed by atoms with E-state index in [0.29, 0.717) is 6.42 Å². The molecule has 1 amide bonds. The first-order chi connectivity index (χ1) is 15.6. The van der Waals surface area contributed by atoms with Crippen LogP contribution in [0.4, 0.5) is 11.4 Å². The van der Waals surface area contributed by atoms with E-state index in [9.17, 15) is 4.79 Å². The number of hydrogen-bond donors (Lipinski definition) is 1. The van der Waals surface area contributed by atoms with Crippen LogP contribution in [0.25, 0.3) is 0 Å². The molecule has 0 aliphatic carbocycles. The van der Waals surface area contributed by atoms with Crippen molar-refractivity contribution in [1.29, 1.82) is 0 Å². The highest BCUT2D eigenvalue weighted by Crippen LogP contribution is 2.28. The molecule has 0 bridgehead atoms. The molecule has 0 atom stereocenters. The van der Waals surface area contributed by atoms with Gasteiger partial charge >= 0.3 is 0 Å². The number of rotatable bonds is 20. The Morgan fingerprint density at radius 3 is 1.69 bits per heavy atom. The lowest BCUT2D eigenvalue weighted by Crippen LogP contribution is -2.16. The summed E-state index contributed by atoms with van der Waals surface area (Å²) in [6, 6.07) is 6.22. The summed E-state index contributed by atoms with van der Waals surface area (Å²) in [5.41, 5.74) is 3.45. The number of nitrogens with zero attached hydrogens (tertiary/aromatic N) is 1. The van der Waals surface area contributed by atoms with Crippen LogP contribution >= 0.6 is 0 Å². The van der Waals surface area contributed by atoms with Gasteiger partial charge in [0.25, 0.3) is 0 Å². The number of benzene rings is 1. The molecule has 184 valence electrons. The Hall–Kier alpha value is -1.51. The van der Waals surface area contributed by atoms with E-state index in [-0.39, 0.29) is 5.91 Å². The molecule has 0 heterocycles. The molecule has 1 aromatic carbocycles. The fourth-order valence-corrected chi connectivity index (χ4v) is 4.49. The van der Waals surface area contributed by atoms with E-state index in [1.165, 1.54) is 101 Å². The van der Waals surface area contributed by atoms with Crippen molar-refractivity contribution >= 4 is 17.3 Å². The lowest BCUT2D eigenvalue weighted by atomic mass is 10.0. The Morgan fingerprint density at radius 2 is 1.22 bits per heavy atom. The summed E-state index contributed by atoms with van der Waals surface area (Å²) in [7, 11) is 4.13. The third kappa shape index (κ3) is 13.1. The molecule has 0 unspecified atom stereocenters. The van der Waals surface area contributed by atoms with Gasteiger partial charge in [-0.25, -0.2) is 0 Å². The topological polar surface area (TPSA) is 32.3 Å². The second-order valence-corrected chi connectivity index (χ2v) is 9.70. The molecule has 0 fully saturated rings. The summed E-state index contributed by atoms with van der Waals surface area (Å²) < 4.78 is 0. The van der Waals surface area contributed by atoms with Crippen molar-refractivity contribution in [2.45, 2.75) is 129 Å². The molecule has 1 aromatic rings. The fourth-order valence-electron chi connectivity index (χ4n) is 4.49. The Labute approximate surface area is 199 Å². The summed E-state index contributed by atoms with van der Waals surface area (Å²) in [5, 5.41) is 3.17. The Balaban J connectivity index is 2.06. The normalized spacial score (nSPS) is 11.0. The zero-order valence-corrected chi connectivity index (χ0v) is 21.8. The molecule has 1 N–H and O–H groups in total. The third-order valence-corrected chi connectivity index (χ3v) is 6.41. The molecule has 32 heavy (non-hydrogen) atoms. The highest BCUT2D eigenvalue weighted by atomic mass is 16.1. The Bertz CT molecular complexity index is 597. The standard InChI is InChI=1S/C29H52N2O/c1-5-7-8-9-10-11-12-13-14-15-16-17-18-19-20-25-29(32)30-27-23-21-24-28(31(3)4)26(27)22-6-2/h21,23-24H,5-20,22,25H2,1-4H3,(H,30,32). The predicted octanol–water partition coefficient (Wildman–Crippen LogP) is 8.91. The van der Waals surface area contributed by atoms with Crippen molar-refractivity contribution in [1.82, 2.24) is 0 Å². The molecule has 0 aliphatic rings. The van der Waals surface area contributed by atoms with Gasteiger partial charge in [-0.2, -0.15) is 0 Å². The molecule has 0 aromatic heterocycles. The maximum absolute atomic E-state index is 12.5. The van der Waals surface area contributed by atoms with Gasteiger partial charge in [0.15, 0.2) is 0 Å². The third-order valence-electron chi connectivity index (χ3n) is 6.41. The van der Waals surface area contributed by atoms with E-state index < -0.39 is 0 Å². The van der Waals surface area contributed by atoms with Crippen molar-refractivity contribution in [2.75, 3.05) is 24.3 Å². The molecular formula is C29H52N2O. The Kier molecular flexibility index (Phi) is 16.9. The number of unbranched alkanes of at least 4 members (excludes halogenated alkanes) is 14. The quantitative estimate of drug-likeness (QED) is 0.204. The highest BCUT2D eigenvalue weighted by molar-refractivity contribution is 5.92. The molecule has 1 rings (SSSR count). The largest absolute Gasteiger partial charge is 0.377 e. The fraction of sp³-hybridized carbons (Fsp3) is 0.759. The van der Waals surface area contributed by atoms with E-state index in [1.807, 2.05) is 12.1 Å². The number of carbonyl (C=O) groups excluding carboxylic acids is 1. The molecular weight excluding hydrogens is 392 g/mol. The molecule has 0 saturated carbocycles. The zero-order chi connectivity index (χ0) is 23.4. The van der Waals surface area contributed by atoms with E-state index in [0.717, 1.165) is 24.9 Å². The van der Waals surface area contributed by atoms with E-state index in [2.05, 4.69) is 44.2 Å². The van der Waals surface area contributed by atoms with Crippen LogP contribution in [0.2, 0.25) is 0 Å². The highest BCUT2D eigenvalue weighted by Gasteiger charge is 2.11. The first-order valence-corrected chi connectivity index (χ1v) is 13.7. The van der Waals surface area contributed by atoms with Crippen LogP contribution in [0.15, 0.2) is 18.2 Å². The van der Waals surface area contributed by atoms with Crippen molar-refractivity contribution in [2.24, 2.45) is 0 Å². The van der Waals surface area contributed by atoms with E-state index >= 15 is 0 Å². The molecule has 0 saturated heterocycles. The van der Waals surface area contributed by atoms with Crippen LogP contribution in [-0.2, 0) is 11.2 Å². The van der Waals surface area contributed by atoms with Gasteiger partial charge in [0, 0.05) is 31.9 Å². The minimum atomic E-state index is 0.160. The van der Waals surface area contributed by atoms with Crippen molar-refractivity contribution < 1.29 is 4.79 Å². The van der Waals surface area contributed by atoms with Crippen LogP contribution in [0, 0.1) is 0 Å². The SMILES string of the molecule is CCCCCCCCCCCCCCCCCC(=O)Nc1cccc(N(C)C)c1CCC. The number of hydrogen-bond acceptors (Lipinski definition) is 2. The van der Waals surface area contributed by atoms with Gasteiger partial charge in [-0.05, 0) is 30.5 Å². The molecule has 0 aliphatic heterocycles. The minimum absolute atomic E-state index is 0.160. The maximum Gasteiger partial charge on any atom is 0.224 e. The number of carbonyl (C=O) groups is 1. The van der Waals surface area contributed by atoms with Crippen LogP contribution in [0.5, 0.6) is 0 Å². The number of nitrogens with one attached hydrogen (secondary N) is 1. The van der Waals surface area contributed by atoms with Gasteiger partial charge in [-0.15, -0.1) is 0 Å². The van der Waals surface area contributed by atoms with Gasteiger partial charge in [0.05, 0.1) is 0 Å². The minimum Gasteiger partial charge on any atom is -0.377 e. The molecule has 0 radical (unpaired) electrons. The molecule has 0 spiro atoms. The van der Waals surface area contributed by atoms with Gasteiger partial charge in [0.1, 0.15) is 0 Å². The summed E-state index contributed by atoms with van der Waals surface area (Å²) in [5.74, 6) is 0.160. The van der Waals surface area contributed by atoms with Gasteiger partial charge in [0.2, 0.25) is 5.91 Å². The van der Waals surface area contributed by atoms with Gasteiger partial charge in [-0.3, -0.25) is 4.79 Å². The van der Waals surface area contributed by atoms with Crippen LogP contribution in [-0.4, -0.2) is 20.0 Å². The smallest absolute Gasteiger partial charge is 0.224 e. The Morgan fingerprint density at radius 1 is 0.719 bits per heavy atom. The van der Waals surface area contributed by atoms with Crippen molar-refractivity contribution in [3.8, 4) is 0 Å². The van der Waals surface area contributed by atoms with Crippen LogP contribution < -0.4 is 10.2 Å². The number of anilines is 2. The van der Waals surface area contributed by atoms with E-state index in [4.69, 9.17) is 0 Å². The zero-order valence-electron chi connectivity index (χ0n) is 21.8. The van der Waals surface area contributed by atoms with Gasteiger partial charge in [-0.1, -0.05) is 116 Å². The summed E-state index contributed by atoms with van der Waals surface area (Å²) >= 11 is 0. The summed E-state index contributed by atoms with van der Waals surface area (Å²) in [6.07, 6.45) is 23.0. The lowest BCUT2D eigenvalue weighted by Gasteiger charge is -2.20. The lowest BCUT2D eigenvalue weighted by molar-refractivity contribution is -0.116. The molecule has 3 nitrogen and oxygen atoms in total. The summed E-state index contributed by atoms with van der Waals surface area (Å²) in [6.45, 7) is 4.47. The van der Waals surface area contributed by atoms with Crippen LogP contribution in [0.1, 0.15) is 129 Å². The summed E-state index contributed by atoms with van der Waals surface area (Å²) in [4.78, 5) is 14.6. The predicted molar refractivity (Wildman–Crippen MR) is 143 cm³/mol. The van der Waals surface area contributed by atoms with Crippen LogP contribution in [0.3, 0.4) is 0 Å². The van der Waals surface area contributed by atoms with Crippen molar-refractivity contribution in [3.63, 3.8) is 0 Å². The molecule has 3 heteroatoms. The first-order valence-electron chi connectivity index (χ1n) is 13.7. The number of amides is 1. The monoisotopic (exact) mass is 444 g/mol. The van der Waals surface area contributed by atoms with Gasteiger partial charge < -0.3 is 10.2 Å². The van der Waals surface area contributed by atoms with E-state index in [1.54, 1.807) is 0 Å².